The van der Waals surface area contributed by atoms with Gasteiger partial charge >= 0.3 is 5.97 Å². The second-order valence-corrected chi connectivity index (χ2v) is 19.6. The van der Waals surface area contributed by atoms with Crippen LogP contribution >= 0.6 is 0 Å². The molecule has 0 fully saturated rings. The molecule has 0 saturated heterocycles. The van der Waals surface area contributed by atoms with Crippen molar-refractivity contribution >= 4 is 11.9 Å². The summed E-state index contributed by atoms with van der Waals surface area (Å²) in [6.45, 7) is 4.87. The maximum atomic E-state index is 12.5. The van der Waals surface area contributed by atoms with Gasteiger partial charge in [-0.15, -0.1) is 0 Å². The molecule has 0 saturated carbocycles. The Hall–Kier alpha value is -1.66. The van der Waals surface area contributed by atoms with Crippen LogP contribution in [0.5, 0.6) is 0 Å². The fourth-order valence-electron chi connectivity index (χ4n) is 8.85. The normalized spacial score (nSPS) is 12.8. The molecular weight excluding hydrogens is 791 g/mol. The van der Waals surface area contributed by atoms with Gasteiger partial charge in [0.15, 0.2) is 0 Å². The Kier molecular flexibility index (Phi) is 52.6. The van der Waals surface area contributed by atoms with E-state index >= 15 is 0 Å². The van der Waals surface area contributed by atoms with Crippen LogP contribution in [0.25, 0.3) is 0 Å². The first-order valence-corrected chi connectivity index (χ1v) is 28.6. The quantitative estimate of drug-likeness (QED) is 0.0321. The second-order valence-electron chi connectivity index (χ2n) is 19.6. The van der Waals surface area contributed by atoms with Crippen LogP contribution in [0.2, 0.25) is 0 Å². The fraction of sp³-hybridized carbons (Fsp3) is 0.897. The number of rotatable bonds is 53. The summed E-state index contributed by atoms with van der Waals surface area (Å²) in [6.07, 6.45) is 64.5. The lowest BCUT2D eigenvalue weighted by atomic mass is 10.0. The Balaban J connectivity index is 3.46. The molecule has 3 N–H and O–H groups in total. The molecule has 2 unspecified atom stereocenters. The van der Waals surface area contributed by atoms with E-state index in [4.69, 9.17) is 4.74 Å². The molecule has 0 aliphatic heterocycles. The topological polar surface area (TPSA) is 95.9 Å². The van der Waals surface area contributed by atoms with Gasteiger partial charge in [-0.2, -0.15) is 0 Å². The van der Waals surface area contributed by atoms with E-state index in [-0.39, 0.29) is 18.5 Å². The zero-order valence-electron chi connectivity index (χ0n) is 43.0. The summed E-state index contributed by atoms with van der Waals surface area (Å²) in [5.74, 6) is -0.0726. The van der Waals surface area contributed by atoms with Gasteiger partial charge in [0.2, 0.25) is 5.91 Å². The highest BCUT2D eigenvalue weighted by Gasteiger charge is 2.20. The maximum Gasteiger partial charge on any atom is 0.305 e. The summed E-state index contributed by atoms with van der Waals surface area (Å²) in [4.78, 5) is 24.5. The largest absolute Gasteiger partial charge is 0.466 e. The summed E-state index contributed by atoms with van der Waals surface area (Å²) in [5.41, 5.74) is 0. The molecule has 0 aromatic heterocycles. The smallest absolute Gasteiger partial charge is 0.305 e. The van der Waals surface area contributed by atoms with E-state index in [1.54, 1.807) is 0 Å². The second kappa shape index (κ2) is 54.0. The average molecular weight is 903 g/mol. The molecule has 6 heteroatoms. The SMILES string of the molecule is CCC/C=C\C/C=C\CCCCCCCC(=O)OCCCCCCCCCCCCCCC(=O)NC(CO)C(O)CCCCCCCCCCCCCCCCCCCCCCCC. The molecule has 0 rings (SSSR count). The molecule has 1 amide bonds. The van der Waals surface area contributed by atoms with Crippen LogP contribution < -0.4 is 5.32 Å². The Morgan fingerprint density at radius 2 is 0.812 bits per heavy atom. The summed E-state index contributed by atoms with van der Waals surface area (Å²) in [6, 6.07) is -0.555. The molecule has 0 spiro atoms. The average Bonchev–Trinajstić information content (AvgIpc) is 3.29. The van der Waals surface area contributed by atoms with E-state index in [9.17, 15) is 19.8 Å². The van der Waals surface area contributed by atoms with Crippen LogP contribution in [0, 0.1) is 0 Å². The monoisotopic (exact) mass is 902 g/mol. The number of allylic oxidation sites excluding steroid dienone is 4. The molecule has 0 aliphatic carbocycles. The number of carbonyl (C=O) groups is 2. The number of aliphatic hydroxyl groups excluding tert-OH is 2. The number of esters is 1. The molecule has 0 aromatic rings. The van der Waals surface area contributed by atoms with E-state index in [1.807, 2.05) is 0 Å². The summed E-state index contributed by atoms with van der Waals surface area (Å²) < 4.78 is 5.45. The summed E-state index contributed by atoms with van der Waals surface area (Å²) >= 11 is 0. The molecule has 0 heterocycles. The van der Waals surface area contributed by atoms with Crippen LogP contribution in [0.3, 0.4) is 0 Å². The van der Waals surface area contributed by atoms with E-state index < -0.39 is 12.1 Å². The van der Waals surface area contributed by atoms with Gasteiger partial charge in [0, 0.05) is 12.8 Å². The van der Waals surface area contributed by atoms with Crippen LogP contribution in [0.1, 0.15) is 309 Å². The van der Waals surface area contributed by atoms with Gasteiger partial charge in [-0.3, -0.25) is 9.59 Å². The molecule has 0 bridgehead atoms. The first kappa shape index (κ1) is 62.3. The third-order valence-electron chi connectivity index (χ3n) is 13.2. The first-order valence-electron chi connectivity index (χ1n) is 28.6. The maximum absolute atomic E-state index is 12.5. The number of carbonyl (C=O) groups excluding carboxylic acids is 2. The lowest BCUT2D eigenvalue weighted by molar-refractivity contribution is -0.143. The predicted octanol–water partition coefficient (Wildman–Crippen LogP) is 17.5. The van der Waals surface area contributed by atoms with Crippen molar-refractivity contribution in [3.63, 3.8) is 0 Å². The van der Waals surface area contributed by atoms with Gasteiger partial charge in [0.1, 0.15) is 0 Å². The number of hydrogen-bond donors (Lipinski definition) is 3. The van der Waals surface area contributed by atoms with E-state index in [0.29, 0.717) is 25.9 Å². The number of nitrogens with one attached hydrogen (secondary N) is 1. The molecule has 0 aliphatic rings. The van der Waals surface area contributed by atoms with Gasteiger partial charge in [0.25, 0.3) is 0 Å². The minimum absolute atomic E-state index is 0.0238. The Bertz CT molecular complexity index is 997. The highest BCUT2D eigenvalue weighted by Crippen LogP contribution is 2.17. The van der Waals surface area contributed by atoms with Crippen molar-refractivity contribution < 1.29 is 24.5 Å². The number of unbranched alkanes of at least 4 members (excludes halogenated alkanes) is 38. The Morgan fingerprint density at radius 1 is 0.438 bits per heavy atom. The molecule has 0 radical (unpaired) electrons. The Morgan fingerprint density at radius 3 is 1.25 bits per heavy atom. The number of aliphatic hydroxyl groups is 2. The molecule has 2 atom stereocenters. The minimum atomic E-state index is -0.676. The molecule has 6 nitrogen and oxygen atoms in total. The summed E-state index contributed by atoms with van der Waals surface area (Å²) in [7, 11) is 0. The third-order valence-corrected chi connectivity index (χ3v) is 13.2. The van der Waals surface area contributed by atoms with Crippen molar-refractivity contribution in [1.29, 1.82) is 0 Å². The van der Waals surface area contributed by atoms with Crippen molar-refractivity contribution in [2.75, 3.05) is 13.2 Å². The fourth-order valence-corrected chi connectivity index (χ4v) is 8.85. The van der Waals surface area contributed by atoms with Crippen LogP contribution in [-0.2, 0) is 14.3 Å². The van der Waals surface area contributed by atoms with Crippen molar-refractivity contribution in [1.82, 2.24) is 5.32 Å². The highest BCUT2D eigenvalue weighted by atomic mass is 16.5. The van der Waals surface area contributed by atoms with Crippen LogP contribution in [0.4, 0.5) is 0 Å². The number of ether oxygens (including phenoxy) is 1. The number of amides is 1. The predicted molar refractivity (Wildman–Crippen MR) is 278 cm³/mol. The summed E-state index contributed by atoms with van der Waals surface area (Å²) in [5, 5.41) is 23.3. The Labute approximate surface area is 399 Å². The molecule has 64 heavy (non-hydrogen) atoms. The molecule has 0 aromatic carbocycles. The van der Waals surface area contributed by atoms with E-state index in [0.717, 1.165) is 70.6 Å². The lowest BCUT2D eigenvalue weighted by Gasteiger charge is -2.22. The van der Waals surface area contributed by atoms with Crippen molar-refractivity contribution in [2.24, 2.45) is 0 Å². The molecular formula is C58H111NO5. The van der Waals surface area contributed by atoms with E-state index in [2.05, 4.69) is 43.5 Å². The van der Waals surface area contributed by atoms with Crippen LogP contribution in [-0.4, -0.2) is 47.4 Å². The third kappa shape index (κ3) is 49.8. The van der Waals surface area contributed by atoms with E-state index in [1.165, 1.54) is 205 Å². The van der Waals surface area contributed by atoms with Crippen molar-refractivity contribution in [3.05, 3.63) is 24.3 Å². The van der Waals surface area contributed by atoms with Gasteiger partial charge in [-0.25, -0.2) is 0 Å². The first-order chi connectivity index (χ1) is 31.5. The van der Waals surface area contributed by atoms with Gasteiger partial charge in [-0.05, 0) is 51.4 Å². The lowest BCUT2D eigenvalue weighted by Crippen LogP contribution is -2.45. The van der Waals surface area contributed by atoms with Gasteiger partial charge < -0.3 is 20.3 Å². The number of hydrogen-bond acceptors (Lipinski definition) is 5. The van der Waals surface area contributed by atoms with Gasteiger partial charge in [0.05, 0.1) is 25.4 Å². The van der Waals surface area contributed by atoms with Crippen molar-refractivity contribution in [2.45, 2.75) is 321 Å². The van der Waals surface area contributed by atoms with Gasteiger partial charge in [-0.1, -0.05) is 269 Å². The van der Waals surface area contributed by atoms with Crippen LogP contribution in [0.15, 0.2) is 24.3 Å². The molecule has 378 valence electrons. The van der Waals surface area contributed by atoms with Crippen molar-refractivity contribution in [3.8, 4) is 0 Å². The zero-order valence-corrected chi connectivity index (χ0v) is 43.0. The highest BCUT2D eigenvalue weighted by molar-refractivity contribution is 5.76. The standard InChI is InChI=1S/C58H111NO5/c1-3-5-7-9-11-13-15-17-18-19-20-21-22-23-24-25-27-30-34-38-42-46-50-56(61)55(54-60)59-57(62)51-47-43-39-35-31-28-29-33-37-41-45-49-53-64-58(63)52-48-44-40-36-32-26-16-14-12-10-8-6-4-2/h8,10,14,16,55-56,60-61H,3-7,9,11-13,15,17-54H2,1-2H3,(H,59,62)/b10-8-,16-14-. The zero-order chi connectivity index (χ0) is 46.5. The minimum Gasteiger partial charge on any atom is -0.466 e.